The van der Waals surface area contributed by atoms with Gasteiger partial charge in [0, 0.05) is 12.6 Å². The molecule has 2 N–H and O–H groups in total. The Kier molecular flexibility index (Phi) is 6.31. The van der Waals surface area contributed by atoms with E-state index in [1.807, 2.05) is 48.5 Å². The first kappa shape index (κ1) is 17.8. The van der Waals surface area contributed by atoms with Crippen LogP contribution in [0.1, 0.15) is 36.8 Å². The lowest BCUT2D eigenvalue weighted by Gasteiger charge is -2.28. The van der Waals surface area contributed by atoms with E-state index in [1.54, 1.807) is 7.11 Å². The second-order valence-electron chi connectivity index (χ2n) is 6.60. The molecule has 3 rings (SSSR count). The van der Waals surface area contributed by atoms with Crippen LogP contribution in [0.3, 0.4) is 0 Å². The Hall–Kier alpha value is -2.04. The van der Waals surface area contributed by atoms with Gasteiger partial charge in [0.05, 0.1) is 13.2 Å². The highest BCUT2D eigenvalue weighted by Crippen LogP contribution is 2.29. The molecule has 2 atom stereocenters. The van der Waals surface area contributed by atoms with Crippen LogP contribution in [0.2, 0.25) is 0 Å². The molecule has 2 aromatic carbocycles. The summed E-state index contributed by atoms with van der Waals surface area (Å²) in [6.45, 7) is 1.23. The number of hydrogen-bond acceptors (Lipinski definition) is 4. The van der Waals surface area contributed by atoms with Gasteiger partial charge in [-0.2, -0.15) is 0 Å². The van der Waals surface area contributed by atoms with Crippen molar-refractivity contribution in [1.82, 2.24) is 5.32 Å². The Labute approximate surface area is 149 Å². The van der Waals surface area contributed by atoms with Crippen LogP contribution >= 0.6 is 0 Å². The Bertz CT molecular complexity index is 659. The molecule has 4 nitrogen and oxygen atoms in total. The van der Waals surface area contributed by atoms with Crippen LogP contribution in [0.5, 0.6) is 11.5 Å². The highest BCUT2D eigenvalue weighted by molar-refractivity contribution is 5.43. The molecule has 2 unspecified atom stereocenters. The van der Waals surface area contributed by atoms with Gasteiger partial charge < -0.3 is 19.9 Å². The van der Waals surface area contributed by atoms with E-state index in [-0.39, 0.29) is 12.1 Å². The van der Waals surface area contributed by atoms with Crippen LogP contribution in [0.4, 0.5) is 0 Å². The smallest absolute Gasteiger partial charge is 0.161 e. The molecule has 0 heterocycles. The SMILES string of the molecule is COc1ccc(CNC2CCCCC2O)cc1OCc1ccccc1. The summed E-state index contributed by atoms with van der Waals surface area (Å²) in [6, 6.07) is 16.3. The number of ether oxygens (including phenoxy) is 2. The average Bonchev–Trinajstić information content (AvgIpc) is 2.66. The van der Waals surface area contributed by atoms with Crippen molar-refractivity contribution in [1.29, 1.82) is 0 Å². The molecule has 1 fully saturated rings. The van der Waals surface area contributed by atoms with E-state index >= 15 is 0 Å². The summed E-state index contributed by atoms with van der Waals surface area (Å²) in [5.41, 5.74) is 2.25. The molecule has 25 heavy (non-hydrogen) atoms. The minimum Gasteiger partial charge on any atom is -0.493 e. The van der Waals surface area contributed by atoms with Crippen molar-refractivity contribution in [2.24, 2.45) is 0 Å². The van der Waals surface area contributed by atoms with Gasteiger partial charge in [-0.05, 0) is 36.1 Å². The van der Waals surface area contributed by atoms with Crippen molar-refractivity contribution >= 4 is 0 Å². The van der Waals surface area contributed by atoms with Gasteiger partial charge >= 0.3 is 0 Å². The molecule has 0 spiro atoms. The lowest BCUT2D eigenvalue weighted by molar-refractivity contribution is 0.0902. The van der Waals surface area contributed by atoms with E-state index in [9.17, 15) is 5.11 Å². The second kappa shape index (κ2) is 8.88. The Morgan fingerprint density at radius 2 is 1.80 bits per heavy atom. The highest BCUT2D eigenvalue weighted by atomic mass is 16.5. The third-order valence-corrected chi connectivity index (χ3v) is 4.76. The number of benzene rings is 2. The van der Waals surface area contributed by atoms with Crippen molar-refractivity contribution in [2.75, 3.05) is 7.11 Å². The first-order valence-corrected chi connectivity index (χ1v) is 9.01. The molecule has 1 aliphatic carbocycles. The van der Waals surface area contributed by atoms with Crippen LogP contribution in [-0.4, -0.2) is 24.4 Å². The zero-order valence-electron chi connectivity index (χ0n) is 14.8. The maximum Gasteiger partial charge on any atom is 0.161 e. The fourth-order valence-corrected chi connectivity index (χ4v) is 3.28. The molecule has 1 aliphatic rings. The molecule has 0 amide bonds. The Morgan fingerprint density at radius 1 is 1.00 bits per heavy atom. The average molecular weight is 341 g/mol. The summed E-state index contributed by atoms with van der Waals surface area (Å²) < 4.78 is 11.4. The van der Waals surface area contributed by atoms with Gasteiger partial charge in [-0.15, -0.1) is 0 Å². The minimum atomic E-state index is -0.235. The fraction of sp³-hybridized carbons (Fsp3) is 0.429. The standard InChI is InChI=1S/C21H27NO3/c1-24-20-12-11-17(14-22-18-9-5-6-10-19(18)23)13-21(20)25-15-16-7-3-2-4-8-16/h2-4,7-8,11-13,18-19,22-23H,5-6,9-10,14-15H2,1H3. The van der Waals surface area contributed by atoms with E-state index < -0.39 is 0 Å². The van der Waals surface area contributed by atoms with E-state index in [0.717, 1.165) is 41.9 Å². The molecule has 1 saturated carbocycles. The number of aliphatic hydroxyl groups excluding tert-OH is 1. The monoisotopic (exact) mass is 341 g/mol. The zero-order chi connectivity index (χ0) is 17.5. The molecule has 0 aromatic heterocycles. The van der Waals surface area contributed by atoms with Crippen molar-refractivity contribution in [2.45, 2.75) is 51.0 Å². The van der Waals surface area contributed by atoms with Gasteiger partial charge in [0.25, 0.3) is 0 Å². The number of methoxy groups -OCH3 is 1. The Balaban J connectivity index is 1.62. The highest BCUT2D eigenvalue weighted by Gasteiger charge is 2.22. The van der Waals surface area contributed by atoms with Gasteiger partial charge in [-0.3, -0.25) is 0 Å². The number of nitrogens with one attached hydrogen (secondary N) is 1. The molecular formula is C21H27NO3. The Morgan fingerprint density at radius 3 is 2.56 bits per heavy atom. The first-order chi connectivity index (χ1) is 12.3. The molecule has 0 radical (unpaired) electrons. The van der Waals surface area contributed by atoms with Crippen molar-refractivity contribution in [3.05, 3.63) is 59.7 Å². The lowest BCUT2D eigenvalue weighted by atomic mass is 9.92. The van der Waals surface area contributed by atoms with E-state index in [2.05, 4.69) is 5.32 Å². The summed E-state index contributed by atoms with van der Waals surface area (Å²) in [5, 5.41) is 13.6. The van der Waals surface area contributed by atoms with Crippen molar-refractivity contribution in [3.63, 3.8) is 0 Å². The molecule has 4 heteroatoms. The quantitative estimate of drug-likeness (QED) is 0.807. The number of hydrogen-bond donors (Lipinski definition) is 2. The van der Waals surface area contributed by atoms with Gasteiger partial charge in [-0.25, -0.2) is 0 Å². The normalized spacial score (nSPS) is 20.2. The zero-order valence-corrected chi connectivity index (χ0v) is 14.8. The second-order valence-corrected chi connectivity index (χ2v) is 6.60. The molecule has 0 aliphatic heterocycles. The van der Waals surface area contributed by atoms with Crippen LogP contribution < -0.4 is 14.8 Å². The molecule has 0 bridgehead atoms. The predicted octanol–water partition coefficient (Wildman–Crippen LogP) is 3.67. The third-order valence-electron chi connectivity index (χ3n) is 4.76. The number of rotatable bonds is 7. The lowest BCUT2D eigenvalue weighted by Crippen LogP contribution is -2.41. The first-order valence-electron chi connectivity index (χ1n) is 9.01. The maximum atomic E-state index is 10.1. The summed E-state index contributed by atoms with van der Waals surface area (Å²) in [6.07, 6.45) is 4.00. The topological polar surface area (TPSA) is 50.7 Å². The predicted molar refractivity (Wildman–Crippen MR) is 98.9 cm³/mol. The summed E-state index contributed by atoms with van der Waals surface area (Å²) in [5.74, 6) is 1.48. The van der Waals surface area contributed by atoms with Crippen molar-refractivity contribution < 1.29 is 14.6 Å². The van der Waals surface area contributed by atoms with E-state index in [0.29, 0.717) is 13.2 Å². The van der Waals surface area contributed by atoms with Crippen LogP contribution in [0.25, 0.3) is 0 Å². The summed E-state index contributed by atoms with van der Waals surface area (Å²) in [4.78, 5) is 0. The van der Waals surface area contributed by atoms with E-state index in [1.165, 1.54) is 6.42 Å². The van der Waals surface area contributed by atoms with Crippen LogP contribution in [0, 0.1) is 0 Å². The van der Waals surface area contributed by atoms with Gasteiger partial charge in [0.1, 0.15) is 6.61 Å². The van der Waals surface area contributed by atoms with E-state index in [4.69, 9.17) is 9.47 Å². The van der Waals surface area contributed by atoms with Crippen LogP contribution in [-0.2, 0) is 13.2 Å². The number of aliphatic hydroxyl groups is 1. The summed E-state index contributed by atoms with van der Waals surface area (Å²) >= 11 is 0. The minimum absolute atomic E-state index is 0.185. The van der Waals surface area contributed by atoms with Gasteiger partial charge in [-0.1, -0.05) is 49.2 Å². The maximum absolute atomic E-state index is 10.1. The van der Waals surface area contributed by atoms with Crippen molar-refractivity contribution in [3.8, 4) is 11.5 Å². The van der Waals surface area contributed by atoms with Gasteiger partial charge in [0.2, 0.25) is 0 Å². The third kappa shape index (κ3) is 4.97. The molecule has 2 aromatic rings. The van der Waals surface area contributed by atoms with Crippen LogP contribution in [0.15, 0.2) is 48.5 Å². The molecule has 134 valence electrons. The fourth-order valence-electron chi connectivity index (χ4n) is 3.28. The largest absolute Gasteiger partial charge is 0.493 e. The molecular weight excluding hydrogens is 314 g/mol. The van der Waals surface area contributed by atoms with Gasteiger partial charge in [0.15, 0.2) is 11.5 Å². The summed E-state index contributed by atoms with van der Waals surface area (Å²) in [7, 11) is 1.65. The molecule has 0 saturated heterocycles.